The highest BCUT2D eigenvalue weighted by Crippen LogP contribution is 2.30. The molecule has 0 saturated heterocycles. The molecule has 0 fully saturated rings. The molecule has 0 radical (unpaired) electrons. The molecule has 4 nitrogen and oxygen atoms in total. The van der Waals surface area contributed by atoms with Gasteiger partial charge >= 0.3 is 5.97 Å². The lowest BCUT2D eigenvalue weighted by Crippen LogP contribution is -2.02. The van der Waals surface area contributed by atoms with Crippen molar-refractivity contribution in [2.75, 3.05) is 13.7 Å². The fourth-order valence-corrected chi connectivity index (χ4v) is 3.08. The van der Waals surface area contributed by atoms with Crippen molar-refractivity contribution in [2.45, 2.75) is 26.4 Å². The second-order valence-electron chi connectivity index (χ2n) is 6.64. The van der Waals surface area contributed by atoms with E-state index in [9.17, 15) is 4.79 Å². The Labute approximate surface area is 172 Å². The number of aryl methyl sites for hydroxylation is 1. The van der Waals surface area contributed by atoms with E-state index in [-0.39, 0.29) is 5.97 Å². The van der Waals surface area contributed by atoms with Gasteiger partial charge in [-0.3, -0.25) is 4.79 Å². The Bertz CT molecular complexity index is 932. The molecule has 3 aromatic carbocycles. The molecule has 29 heavy (non-hydrogen) atoms. The molecule has 0 aliphatic carbocycles. The molecule has 0 bridgehead atoms. The molecule has 3 rings (SSSR count). The van der Waals surface area contributed by atoms with Crippen molar-refractivity contribution in [3.63, 3.8) is 0 Å². The molecule has 0 unspecified atom stereocenters. The van der Waals surface area contributed by atoms with E-state index < -0.39 is 0 Å². The first-order valence-corrected chi connectivity index (χ1v) is 9.79. The predicted molar refractivity (Wildman–Crippen MR) is 114 cm³/mol. The van der Waals surface area contributed by atoms with Gasteiger partial charge in [0, 0.05) is 12.0 Å². The summed E-state index contributed by atoms with van der Waals surface area (Å²) < 4.78 is 16.4. The van der Waals surface area contributed by atoms with Gasteiger partial charge in [-0.1, -0.05) is 48.5 Å². The maximum absolute atomic E-state index is 11.2. The number of ether oxygens (including phenoxy) is 3. The number of para-hydroxylation sites is 1. The summed E-state index contributed by atoms with van der Waals surface area (Å²) in [4.78, 5) is 11.2. The lowest BCUT2D eigenvalue weighted by molar-refractivity contribution is -0.140. The van der Waals surface area contributed by atoms with Gasteiger partial charge in [0.25, 0.3) is 0 Å². The Morgan fingerprint density at radius 1 is 0.862 bits per heavy atom. The van der Waals surface area contributed by atoms with Crippen LogP contribution in [0.1, 0.15) is 24.5 Å². The molecular formula is C25H26O4. The molecule has 0 aliphatic rings. The second-order valence-corrected chi connectivity index (χ2v) is 6.64. The molecular weight excluding hydrogens is 364 g/mol. The van der Waals surface area contributed by atoms with Crippen LogP contribution in [-0.4, -0.2) is 19.7 Å². The predicted octanol–water partition coefficient (Wildman–Crippen LogP) is 5.44. The lowest BCUT2D eigenvalue weighted by atomic mass is 10.0. The summed E-state index contributed by atoms with van der Waals surface area (Å²) in [5.74, 6) is 1.48. The fourth-order valence-electron chi connectivity index (χ4n) is 3.08. The Morgan fingerprint density at radius 3 is 2.41 bits per heavy atom. The number of carbonyl (C=O) groups excluding carboxylic acids is 1. The third-order valence-corrected chi connectivity index (χ3v) is 4.60. The van der Waals surface area contributed by atoms with Crippen LogP contribution in [0.5, 0.6) is 11.5 Å². The minimum absolute atomic E-state index is 0.198. The van der Waals surface area contributed by atoms with Crippen molar-refractivity contribution in [2.24, 2.45) is 0 Å². The number of rotatable bonds is 9. The average Bonchev–Trinajstić information content (AvgIpc) is 2.77. The second kappa shape index (κ2) is 10.3. The fraction of sp³-hybridized carbons (Fsp3) is 0.240. The van der Waals surface area contributed by atoms with Gasteiger partial charge in [0.1, 0.15) is 18.1 Å². The van der Waals surface area contributed by atoms with Crippen LogP contribution in [0.4, 0.5) is 0 Å². The van der Waals surface area contributed by atoms with Crippen molar-refractivity contribution < 1.29 is 19.0 Å². The molecule has 4 heteroatoms. The number of methoxy groups -OCH3 is 1. The van der Waals surface area contributed by atoms with Crippen LogP contribution in [0.2, 0.25) is 0 Å². The summed E-state index contributed by atoms with van der Waals surface area (Å²) in [5, 5.41) is 0. The van der Waals surface area contributed by atoms with E-state index in [2.05, 4.69) is 29.0 Å². The standard InChI is InChI=1S/C25H26O4/c1-3-28-24-10-5-4-9-23(24)21-8-6-7-20(17-21)18-29-22-14-11-19(12-15-22)13-16-25(26)27-2/h4-12,14-15,17H,3,13,16,18H2,1-2H3. The topological polar surface area (TPSA) is 44.8 Å². The summed E-state index contributed by atoms with van der Waals surface area (Å²) in [5.41, 5.74) is 4.35. The molecule has 0 aliphatic heterocycles. The molecule has 0 amide bonds. The first-order valence-electron chi connectivity index (χ1n) is 9.79. The quantitative estimate of drug-likeness (QED) is 0.457. The number of benzene rings is 3. The Hall–Kier alpha value is -3.27. The molecule has 0 heterocycles. The van der Waals surface area contributed by atoms with Crippen molar-refractivity contribution >= 4 is 5.97 Å². The van der Waals surface area contributed by atoms with Crippen molar-refractivity contribution in [3.05, 3.63) is 83.9 Å². The zero-order chi connectivity index (χ0) is 20.5. The Balaban J connectivity index is 1.63. The maximum Gasteiger partial charge on any atom is 0.305 e. The van der Waals surface area contributed by atoms with Gasteiger partial charge in [-0.15, -0.1) is 0 Å². The minimum atomic E-state index is -0.198. The van der Waals surface area contributed by atoms with Gasteiger partial charge in [0.15, 0.2) is 0 Å². The van der Waals surface area contributed by atoms with E-state index in [1.165, 1.54) is 7.11 Å². The summed E-state index contributed by atoms with van der Waals surface area (Å²) in [7, 11) is 1.41. The molecule has 0 aromatic heterocycles. The van der Waals surface area contributed by atoms with Crippen LogP contribution in [-0.2, 0) is 22.6 Å². The smallest absolute Gasteiger partial charge is 0.305 e. The van der Waals surface area contributed by atoms with Gasteiger partial charge in [-0.2, -0.15) is 0 Å². The van der Waals surface area contributed by atoms with Crippen LogP contribution >= 0.6 is 0 Å². The van der Waals surface area contributed by atoms with E-state index in [4.69, 9.17) is 9.47 Å². The number of hydrogen-bond donors (Lipinski definition) is 0. The van der Waals surface area contributed by atoms with Gasteiger partial charge in [-0.25, -0.2) is 0 Å². The van der Waals surface area contributed by atoms with E-state index >= 15 is 0 Å². The molecule has 0 atom stereocenters. The van der Waals surface area contributed by atoms with Crippen molar-refractivity contribution in [1.29, 1.82) is 0 Å². The van der Waals surface area contributed by atoms with Crippen LogP contribution in [0.25, 0.3) is 11.1 Å². The Morgan fingerprint density at radius 2 is 1.66 bits per heavy atom. The molecule has 3 aromatic rings. The van der Waals surface area contributed by atoms with Crippen molar-refractivity contribution in [1.82, 2.24) is 0 Å². The van der Waals surface area contributed by atoms with Crippen LogP contribution < -0.4 is 9.47 Å². The van der Waals surface area contributed by atoms with Gasteiger partial charge in [0.05, 0.1) is 13.7 Å². The third kappa shape index (κ3) is 5.85. The highest BCUT2D eigenvalue weighted by molar-refractivity contribution is 5.71. The summed E-state index contributed by atoms with van der Waals surface area (Å²) in [6.45, 7) is 3.10. The van der Waals surface area contributed by atoms with E-state index in [1.54, 1.807) is 0 Å². The zero-order valence-corrected chi connectivity index (χ0v) is 16.9. The first-order chi connectivity index (χ1) is 14.2. The van der Waals surface area contributed by atoms with Crippen LogP contribution in [0, 0.1) is 0 Å². The normalized spacial score (nSPS) is 10.4. The zero-order valence-electron chi connectivity index (χ0n) is 16.9. The third-order valence-electron chi connectivity index (χ3n) is 4.60. The number of carbonyl (C=O) groups is 1. The largest absolute Gasteiger partial charge is 0.493 e. The minimum Gasteiger partial charge on any atom is -0.493 e. The SMILES string of the molecule is CCOc1ccccc1-c1cccc(COc2ccc(CCC(=O)OC)cc2)c1. The highest BCUT2D eigenvalue weighted by atomic mass is 16.5. The number of hydrogen-bond acceptors (Lipinski definition) is 4. The summed E-state index contributed by atoms with van der Waals surface area (Å²) in [6, 6.07) is 24.2. The van der Waals surface area contributed by atoms with Crippen molar-refractivity contribution in [3.8, 4) is 22.6 Å². The molecule has 0 N–H and O–H groups in total. The van der Waals surface area contributed by atoms with Crippen LogP contribution in [0.3, 0.4) is 0 Å². The highest BCUT2D eigenvalue weighted by Gasteiger charge is 2.07. The molecule has 150 valence electrons. The number of esters is 1. The van der Waals surface area contributed by atoms with E-state index in [1.807, 2.05) is 55.5 Å². The van der Waals surface area contributed by atoms with E-state index in [0.717, 1.165) is 33.8 Å². The van der Waals surface area contributed by atoms with Gasteiger partial charge in [0.2, 0.25) is 0 Å². The first kappa shape index (κ1) is 20.5. The molecule has 0 spiro atoms. The Kier molecular flexibility index (Phi) is 7.28. The van der Waals surface area contributed by atoms with Gasteiger partial charge < -0.3 is 14.2 Å². The van der Waals surface area contributed by atoms with Gasteiger partial charge in [-0.05, 0) is 54.3 Å². The lowest BCUT2D eigenvalue weighted by Gasteiger charge is -2.12. The summed E-state index contributed by atoms with van der Waals surface area (Å²) in [6.07, 6.45) is 1.04. The van der Waals surface area contributed by atoms with Crippen LogP contribution in [0.15, 0.2) is 72.8 Å². The van der Waals surface area contributed by atoms with E-state index in [0.29, 0.717) is 26.1 Å². The molecule has 0 saturated carbocycles. The monoisotopic (exact) mass is 390 g/mol. The summed E-state index contributed by atoms with van der Waals surface area (Å²) >= 11 is 0. The average molecular weight is 390 g/mol. The maximum atomic E-state index is 11.2.